The summed E-state index contributed by atoms with van der Waals surface area (Å²) in [6, 6.07) is 13.3. The summed E-state index contributed by atoms with van der Waals surface area (Å²) in [4.78, 5) is 10.9. The number of rotatable bonds is 5. The standard InChI is InChI=1S/C19H22N2O7/c20-19(26)21-12-5-1-10(2-6-12)11-3-7-13(8-4-11)27-18-17(25)16(24)15(23)14(9-22)28-18/h1-8,14-18,22-25H,9H2,(H3,20,21,26)/t14-,15+,16+,17-,18?/m0/s1. The van der Waals surface area contributed by atoms with Gasteiger partial charge in [-0.05, 0) is 35.4 Å². The number of benzene rings is 2. The number of nitrogens with two attached hydrogens (primary N) is 1. The summed E-state index contributed by atoms with van der Waals surface area (Å²) in [5, 5.41) is 41.3. The highest BCUT2D eigenvalue weighted by atomic mass is 16.7. The van der Waals surface area contributed by atoms with Gasteiger partial charge in [-0.3, -0.25) is 0 Å². The van der Waals surface area contributed by atoms with Crippen LogP contribution in [0.2, 0.25) is 0 Å². The van der Waals surface area contributed by atoms with Crippen LogP contribution in [0.15, 0.2) is 48.5 Å². The summed E-state index contributed by atoms with van der Waals surface area (Å²) < 4.78 is 10.9. The van der Waals surface area contributed by atoms with Gasteiger partial charge < -0.3 is 41.0 Å². The van der Waals surface area contributed by atoms with E-state index in [4.69, 9.17) is 15.2 Å². The Bertz CT molecular complexity index is 795. The zero-order valence-electron chi connectivity index (χ0n) is 14.8. The van der Waals surface area contributed by atoms with Crippen molar-refractivity contribution in [3.8, 4) is 16.9 Å². The number of anilines is 1. The van der Waals surface area contributed by atoms with Crippen molar-refractivity contribution >= 4 is 11.7 Å². The van der Waals surface area contributed by atoms with Crippen LogP contribution in [0, 0.1) is 0 Å². The van der Waals surface area contributed by atoms with Crippen molar-refractivity contribution in [1.29, 1.82) is 0 Å². The first-order valence-electron chi connectivity index (χ1n) is 8.63. The highest BCUT2D eigenvalue weighted by molar-refractivity contribution is 5.88. The fourth-order valence-electron chi connectivity index (χ4n) is 2.91. The molecule has 2 amide bonds. The third-order valence-electron chi connectivity index (χ3n) is 4.44. The van der Waals surface area contributed by atoms with Crippen molar-refractivity contribution in [3.63, 3.8) is 0 Å². The Morgan fingerprint density at radius 3 is 2.07 bits per heavy atom. The summed E-state index contributed by atoms with van der Waals surface area (Å²) in [6.45, 7) is -0.523. The van der Waals surface area contributed by atoms with Crippen molar-refractivity contribution in [2.24, 2.45) is 5.73 Å². The van der Waals surface area contributed by atoms with E-state index in [1.807, 2.05) is 12.1 Å². The van der Waals surface area contributed by atoms with Gasteiger partial charge in [-0.25, -0.2) is 4.79 Å². The van der Waals surface area contributed by atoms with Crippen molar-refractivity contribution in [2.45, 2.75) is 30.7 Å². The smallest absolute Gasteiger partial charge is 0.316 e. The normalized spacial score (nSPS) is 27.2. The van der Waals surface area contributed by atoms with Gasteiger partial charge in [0.15, 0.2) is 0 Å². The van der Waals surface area contributed by atoms with Crippen LogP contribution >= 0.6 is 0 Å². The molecule has 1 saturated heterocycles. The zero-order chi connectivity index (χ0) is 20.3. The van der Waals surface area contributed by atoms with E-state index in [0.717, 1.165) is 11.1 Å². The Labute approximate surface area is 160 Å². The molecule has 0 aromatic heterocycles. The van der Waals surface area contributed by atoms with E-state index in [9.17, 15) is 25.2 Å². The predicted octanol–water partition coefficient (Wildman–Crippen LogP) is 0.0229. The maximum absolute atomic E-state index is 10.9. The minimum Gasteiger partial charge on any atom is -0.462 e. The number of hydrogen-bond acceptors (Lipinski definition) is 7. The Hall–Kier alpha value is -2.69. The van der Waals surface area contributed by atoms with Gasteiger partial charge in [0.25, 0.3) is 0 Å². The van der Waals surface area contributed by atoms with E-state index < -0.39 is 43.3 Å². The topological polar surface area (TPSA) is 154 Å². The lowest BCUT2D eigenvalue weighted by molar-refractivity contribution is -0.277. The van der Waals surface area contributed by atoms with Crippen LogP contribution in [0.5, 0.6) is 5.75 Å². The van der Waals surface area contributed by atoms with Gasteiger partial charge in [-0.1, -0.05) is 24.3 Å². The van der Waals surface area contributed by atoms with Gasteiger partial charge in [0.1, 0.15) is 30.2 Å². The first-order chi connectivity index (χ1) is 13.4. The minimum atomic E-state index is -1.50. The van der Waals surface area contributed by atoms with Gasteiger partial charge in [-0.15, -0.1) is 0 Å². The zero-order valence-corrected chi connectivity index (χ0v) is 14.8. The molecule has 1 unspecified atom stereocenters. The predicted molar refractivity (Wildman–Crippen MR) is 99.5 cm³/mol. The minimum absolute atomic E-state index is 0.375. The van der Waals surface area contributed by atoms with Crippen LogP contribution in [-0.2, 0) is 4.74 Å². The maximum Gasteiger partial charge on any atom is 0.316 e. The van der Waals surface area contributed by atoms with Crippen LogP contribution in [0.3, 0.4) is 0 Å². The summed E-state index contributed by atoms with van der Waals surface area (Å²) in [6.07, 6.45) is -6.67. The number of hydrogen-bond donors (Lipinski definition) is 6. The van der Waals surface area contributed by atoms with Crippen LogP contribution in [0.25, 0.3) is 11.1 Å². The van der Waals surface area contributed by atoms with E-state index in [2.05, 4.69) is 5.32 Å². The molecule has 0 radical (unpaired) electrons. The Kier molecular flexibility index (Phi) is 6.12. The second-order valence-electron chi connectivity index (χ2n) is 6.41. The summed E-state index contributed by atoms with van der Waals surface area (Å²) in [7, 11) is 0. The summed E-state index contributed by atoms with van der Waals surface area (Å²) >= 11 is 0. The number of aliphatic hydroxyl groups excluding tert-OH is 4. The number of nitrogens with one attached hydrogen (secondary N) is 1. The number of aliphatic hydroxyl groups is 4. The van der Waals surface area contributed by atoms with E-state index in [-0.39, 0.29) is 0 Å². The highest BCUT2D eigenvalue weighted by Gasteiger charge is 2.44. The Balaban J connectivity index is 1.68. The number of carbonyl (C=O) groups excluding carboxylic acids is 1. The molecule has 28 heavy (non-hydrogen) atoms. The van der Waals surface area contributed by atoms with Crippen molar-refractivity contribution in [2.75, 3.05) is 11.9 Å². The quantitative estimate of drug-likeness (QED) is 0.421. The van der Waals surface area contributed by atoms with Gasteiger partial charge in [0.05, 0.1) is 6.61 Å². The van der Waals surface area contributed by atoms with Gasteiger partial charge in [-0.2, -0.15) is 0 Å². The second kappa shape index (κ2) is 8.55. The van der Waals surface area contributed by atoms with Crippen LogP contribution in [-0.4, -0.2) is 63.8 Å². The molecule has 0 bridgehead atoms. The van der Waals surface area contributed by atoms with E-state index in [0.29, 0.717) is 11.4 Å². The number of amides is 2. The molecule has 9 nitrogen and oxygen atoms in total. The molecule has 1 fully saturated rings. The fourth-order valence-corrected chi connectivity index (χ4v) is 2.91. The molecule has 2 aromatic rings. The number of urea groups is 1. The second-order valence-corrected chi connectivity index (χ2v) is 6.41. The van der Waals surface area contributed by atoms with E-state index in [1.165, 1.54) is 0 Å². The van der Waals surface area contributed by atoms with Gasteiger partial charge >= 0.3 is 6.03 Å². The number of carbonyl (C=O) groups is 1. The first-order valence-corrected chi connectivity index (χ1v) is 8.63. The third-order valence-corrected chi connectivity index (χ3v) is 4.44. The van der Waals surface area contributed by atoms with Gasteiger partial charge in [0, 0.05) is 5.69 Å². The largest absolute Gasteiger partial charge is 0.462 e. The molecular weight excluding hydrogens is 368 g/mol. The third kappa shape index (κ3) is 4.41. The molecule has 7 N–H and O–H groups in total. The molecule has 1 aliphatic rings. The van der Waals surface area contributed by atoms with Crippen LogP contribution in [0.1, 0.15) is 0 Å². The summed E-state index contributed by atoms with van der Waals surface area (Å²) in [5.74, 6) is 0.375. The highest BCUT2D eigenvalue weighted by Crippen LogP contribution is 2.27. The fraction of sp³-hybridized carbons (Fsp3) is 0.316. The molecular formula is C19H22N2O7. The van der Waals surface area contributed by atoms with Crippen LogP contribution in [0.4, 0.5) is 10.5 Å². The molecule has 5 atom stereocenters. The van der Waals surface area contributed by atoms with Gasteiger partial charge in [0.2, 0.25) is 6.29 Å². The number of ether oxygens (including phenoxy) is 2. The lowest BCUT2D eigenvalue weighted by Crippen LogP contribution is -2.60. The Morgan fingerprint density at radius 2 is 1.54 bits per heavy atom. The molecule has 3 rings (SSSR count). The SMILES string of the molecule is NC(=O)Nc1ccc(-c2ccc(OC3O[C@@H](CO)[C@@H](O)[C@@H](O)[C@@H]3O)cc2)cc1. The van der Waals surface area contributed by atoms with Crippen molar-refractivity contribution < 1.29 is 34.7 Å². The lowest BCUT2D eigenvalue weighted by Gasteiger charge is -2.39. The average molecular weight is 390 g/mol. The molecule has 0 spiro atoms. The molecule has 9 heteroatoms. The van der Waals surface area contributed by atoms with Crippen LogP contribution < -0.4 is 15.8 Å². The molecule has 0 aliphatic carbocycles. The van der Waals surface area contributed by atoms with E-state index in [1.54, 1.807) is 36.4 Å². The summed E-state index contributed by atoms with van der Waals surface area (Å²) in [5.41, 5.74) is 7.44. The molecule has 2 aromatic carbocycles. The molecule has 1 aliphatic heterocycles. The number of primary amides is 1. The monoisotopic (exact) mass is 390 g/mol. The average Bonchev–Trinajstić information content (AvgIpc) is 2.69. The Morgan fingerprint density at radius 1 is 0.964 bits per heavy atom. The molecule has 0 saturated carbocycles. The van der Waals surface area contributed by atoms with Crippen molar-refractivity contribution in [3.05, 3.63) is 48.5 Å². The first kappa shape index (κ1) is 20.1. The maximum atomic E-state index is 10.9. The van der Waals surface area contributed by atoms with E-state index >= 15 is 0 Å². The molecule has 1 heterocycles. The lowest BCUT2D eigenvalue weighted by atomic mass is 9.99. The van der Waals surface area contributed by atoms with Crippen molar-refractivity contribution in [1.82, 2.24) is 0 Å². The molecule has 150 valence electrons.